The van der Waals surface area contributed by atoms with E-state index in [-0.39, 0.29) is 37.7 Å². The standard InChI is InChI=1S/C20H22N3O3.C2H5.U/c1-3-25-17-9-7-15(8-10-17)20-22-19(23-26-20)18-6-4-5-16(14(18)2)13-21-11-12-24;1-2;/h4-9,21,24H,3,11-13H2,1-2H3;1H2,2H3;/q2*-1;+2. The van der Waals surface area contributed by atoms with Gasteiger partial charge in [-0.1, -0.05) is 28.9 Å². The summed E-state index contributed by atoms with van der Waals surface area (Å²) in [5.41, 5.74) is 3.95. The molecule has 3 aromatic rings. The van der Waals surface area contributed by atoms with Gasteiger partial charge in [0.1, 0.15) is 0 Å². The van der Waals surface area contributed by atoms with Crippen LogP contribution in [0.15, 0.2) is 40.9 Å². The Kier molecular flexibility index (Phi) is 11.9. The van der Waals surface area contributed by atoms with Crippen LogP contribution in [0, 0.1) is 51.0 Å². The summed E-state index contributed by atoms with van der Waals surface area (Å²) in [5.74, 6) is 1.69. The third kappa shape index (κ3) is 6.97. The molecule has 0 saturated carbocycles. The Morgan fingerprint density at radius 1 is 1.24 bits per heavy atom. The largest absolute Gasteiger partial charge is 2.00 e. The van der Waals surface area contributed by atoms with Gasteiger partial charge in [-0.15, -0.1) is 12.1 Å². The van der Waals surface area contributed by atoms with Gasteiger partial charge < -0.3 is 26.6 Å². The minimum atomic E-state index is 0. The number of hydrogen-bond acceptors (Lipinski definition) is 6. The van der Waals surface area contributed by atoms with Gasteiger partial charge in [-0.2, -0.15) is 24.0 Å². The number of ether oxygens (including phenoxy) is 1. The quantitative estimate of drug-likeness (QED) is 0.295. The Balaban J connectivity index is 0.00000136. The molecule has 1 aromatic heterocycles. The summed E-state index contributed by atoms with van der Waals surface area (Å²) < 4.78 is 10.8. The third-order valence-electron chi connectivity index (χ3n) is 4.05. The Labute approximate surface area is 196 Å². The van der Waals surface area contributed by atoms with Crippen LogP contribution in [0.4, 0.5) is 0 Å². The number of nitrogens with one attached hydrogen (secondary N) is 1. The van der Waals surface area contributed by atoms with Crippen molar-refractivity contribution in [2.24, 2.45) is 0 Å². The number of aliphatic hydroxyl groups is 1. The summed E-state index contributed by atoms with van der Waals surface area (Å²) in [6.07, 6.45) is 0. The van der Waals surface area contributed by atoms with E-state index in [1.165, 1.54) is 0 Å². The fraction of sp³-hybridized carbons (Fsp3) is 0.318. The smallest absolute Gasteiger partial charge is 0.520 e. The van der Waals surface area contributed by atoms with Crippen molar-refractivity contribution in [3.05, 3.63) is 60.5 Å². The first-order chi connectivity index (χ1) is 13.7. The molecule has 29 heavy (non-hydrogen) atoms. The van der Waals surface area contributed by atoms with Gasteiger partial charge in [0.2, 0.25) is 11.7 Å². The number of aromatic nitrogens is 2. The van der Waals surface area contributed by atoms with Crippen LogP contribution in [-0.4, -0.2) is 35.0 Å². The minimum absolute atomic E-state index is 0. The normalized spacial score (nSPS) is 9.97. The van der Waals surface area contributed by atoms with E-state index in [4.69, 9.17) is 14.4 Å². The second-order valence-electron chi connectivity index (χ2n) is 5.79. The van der Waals surface area contributed by atoms with Crippen LogP contribution in [0.1, 0.15) is 25.0 Å². The molecule has 0 bridgehead atoms. The van der Waals surface area contributed by atoms with Crippen molar-refractivity contribution in [2.75, 3.05) is 19.8 Å². The van der Waals surface area contributed by atoms with E-state index in [1.54, 1.807) is 13.0 Å². The molecule has 2 N–H and O–H groups in total. The predicted octanol–water partition coefficient (Wildman–Crippen LogP) is 3.83. The molecule has 0 radical (unpaired) electrons. The van der Waals surface area contributed by atoms with Crippen LogP contribution >= 0.6 is 0 Å². The van der Waals surface area contributed by atoms with E-state index in [2.05, 4.69) is 28.4 Å². The maximum atomic E-state index is 8.90. The molecule has 2 aromatic carbocycles. The van der Waals surface area contributed by atoms with E-state index in [0.717, 1.165) is 22.3 Å². The molecular weight excluding hydrogens is 592 g/mol. The summed E-state index contributed by atoms with van der Waals surface area (Å²) in [7, 11) is 0. The van der Waals surface area contributed by atoms with Crippen molar-refractivity contribution in [1.29, 1.82) is 0 Å². The zero-order chi connectivity index (χ0) is 20.4. The van der Waals surface area contributed by atoms with Crippen molar-refractivity contribution < 1.29 is 45.5 Å². The summed E-state index contributed by atoms with van der Waals surface area (Å²) in [4.78, 5) is 4.53. The van der Waals surface area contributed by atoms with Crippen molar-refractivity contribution in [3.63, 3.8) is 0 Å². The van der Waals surface area contributed by atoms with E-state index in [1.807, 2.05) is 44.2 Å². The SMILES string of the molecule is CCOc1[c-]cc(-c2nc(-c3cccc(CNCCO)c3C)no2)cc1.[CH2-]C.[U+2]. The van der Waals surface area contributed by atoms with Crippen LogP contribution in [0.25, 0.3) is 22.8 Å². The van der Waals surface area contributed by atoms with Crippen molar-refractivity contribution in [1.82, 2.24) is 15.5 Å². The number of rotatable bonds is 8. The van der Waals surface area contributed by atoms with Gasteiger partial charge in [-0.25, -0.2) is 0 Å². The molecule has 3 rings (SSSR count). The molecule has 0 saturated heterocycles. The van der Waals surface area contributed by atoms with Gasteiger partial charge in [-0.05, 0) is 25.0 Å². The van der Waals surface area contributed by atoms with Crippen LogP contribution in [0.3, 0.4) is 0 Å². The Bertz CT molecular complexity index is 851. The predicted molar refractivity (Wildman–Crippen MR) is 110 cm³/mol. The summed E-state index contributed by atoms with van der Waals surface area (Å²) >= 11 is 0. The summed E-state index contributed by atoms with van der Waals surface area (Å²) in [6.45, 7) is 10.9. The van der Waals surface area contributed by atoms with Gasteiger partial charge in [0.25, 0.3) is 0 Å². The summed E-state index contributed by atoms with van der Waals surface area (Å²) in [5, 5.41) is 16.2. The second kappa shape index (κ2) is 13.6. The maximum absolute atomic E-state index is 8.90. The van der Waals surface area contributed by atoms with E-state index in [0.29, 0.717) is 37.2 Å². The number of nitrogens with zero attached hydrogens (tertiary/aromatic N) is 2. The van der Waals surface area contributed by atoms with E-state index >= 15 is 0 Å². The van der Waals surface area contributed by atoms with Crippen LogP contribution in [0.5, 0.6) is 5.75 Å². The monoisotopic (exact) mass is 619 g/mol. The van der Waals surface area contributed by atoms with Crippen LogP contribution < -0.4 is 10.1 Å². The molecule has 1 heterocycles. The average molecular weight is 620 g/mol. The van der Waals surface area contributed by atoms with Crippen LogP contribution in [-0.2, 0) is 6.54 Å². The zero-order valence-corrected chi connectivity index (χ0v) is 21.3. The fourth-order valence-electron chi connectivity index (χ4n) is 2.66. The molecule has 0 aliphatic heterocycles. The fourth-order valence-corrected chi connectivity index (χ4v) is 2.66. The van der Waals surface area contributed by atoms with Gasteiger partial charge in [-0.3, -0.25) is 0 Å². The molecule has 0 amide bonds. The Morgan fingerprint density at radius 2 is 2.03 bits per heavy atom. The molecule has 0 atom stereocenters. The molecule has 0 unspecified atom stereocenters. The number of aliphatic hydroxyl groups excluding tert-OH is 1. The molecule has 0 spiro atoms. The van der Waals surface area contributed by atoms with Crippen molar-refractivity contribution in [2.45, 2.75) is 27.3 Å². The molecule has 0 aliphatic carbocycles. The Morgan fingerprint density at radius 3 is 2.69 bits per heavy atom. The zero-order valence-electron chi connectivity index (χ0n) is 17.2. The van der Waals surface area contributed by atoms with E-state index in [9.17, 15) is 0 Å². The molecular formula is C22H27N3O3U. The molecule has 7 heteroatoms. The van der Waals surface area contributed by atoms with Crippen molar-refractivity contribution >= 4 is 0 Å². The number of benzene rings is 2. The topological polar surface area (TPSA) is 80.4 Å². The average Bonchev–Trinajstić information content (AvgIpc) is 3.22. The van der Waals surface area contributed by atoms with E-state index < -0.39 is 0 Å². The van der Waals surface area contributed by atoms with Gasteiger partial charge >= 0.3 is 31.1 Å². The molecule has 6 nitrogen and oxygen atoms in total. The first-order valence-electron chi connectivity index (χ1n) is 9.32. The summed E-state index contributed by atoms with van der Waals surface area (Å²) in [6, 6.07) is 14.5. The maximum Gasteiger partial charge on any atom is 2.00 e. The molecule has 0 fully saturated rings. The second-order valence-corrected chi connectivity index (χ2v) is 5.79. The van der Waals surface area contributed by atoms with Crippen LogP contribution in [0.2, 0.25) is 0 Å². The van der Waals surface area contributed by atoms with Gasteiger partial charge in [0.15, 0.2) is 0 Å². The number of hydrogen-bond donors (Lipinski definition) is 2. The molecule has 152 valence electrons. The Hall–Kier alpha value is -1.65. The minimum Gasteiger partial charge on any atom is -0.520 e. The van der Waals surface area contributed by atoms with Gasteiger partial charge in [0.05, 0.1) is 13.2 Å². The van der Waals surface area contributed by atoms with Gasteiger partial charge in [0, 0.05) is 24.4 Å². The van der Waals surface area contributed by atoms with Crippen molar-refractivity contribution in [3.8, 4) is 28.6 Å². The first-order valence-corrected chi connectivity index (χ1v) is 9.32. The third-order valence-corrected chi connectivity index (χ3v) is 4.05. The molecule has 0 aliphatic rings. The first kappa shape index (κ1) is 25.4.